The summed E-state index contributed by atoms with van der Waals surface area (Å²) in [5, 5.41) is 9.26. The van der Waals surface area contributed by atoms with Crippen LogP contribution in [-0.2, 0) is 0 Å². The Labute approximate surface area is 98.2 Å². The molecule has 1 heterocycles. The molecular weight excluding hydrogens is 258 g/mol. The van der Waals surface area contributed by atoms with Crippen LogP contribution in [0, 0.1) is 0 Å². The van der Waals surface area contributed by atoms with E-state index in [9.17, 15) is 5.11 Å². The second-order valence-corrected chi connectivity index (χ2v) is 4.96. The van der Waals surface area contributed by atoms with Gasteiger partial charge in [-0.2, -0.15) is 0 Å². The largest absolute Gasteiger partial charge is 0.397 e. The molecule has 0 aliphatic rings. The minimum absolute atomic E-state index is 0.0575. The van der Waals surface area contributed by atoms with Crippen LogP contribution in [0.4, 0.5) is 11.5 Å². The summed E-state index contributed by atoms with van der Waals surface area (Å²) < 4.78 is 0.825. The van der Waals surface area contributed by atoms with Crippen LogP contribution in [-0.4, -0.2) is 29.3 Å². The second-order valence-electron chi connectivity index (χ2n) is 4.10. The summed E-state index contributed by atoms with van der Waals surface area (Å²) in [4.78, 5) is 6.15. The highest BCUT2D eigenvalue weighted by Crippen LogP contribution is 2.28. The first-order valence-corrected chi connectivity index (χ1v) is 5.43. The smallest absolute Gasteiger partial charge is 0.143 e. The van der Waals surface area contributed by atoms with Crippen LogP contribution < -0.4 is 10.6 Å². The van der Waals surface area contributed by atoms with Crippen molar-refractivity contribution in [3.8, 4) is 0 Å². The Hall–Kier alpha value is -0.810. The van der Waals surface area contributed by atoms with Gasteiger partial charge in [0.15, 0.2) is 0 Å². The molecule has 0 fully saturated rings. The standard InChI is InChI=1S/C10H16BrN3O/c1-10(2,6-15)14(3)9-8(11)4-7(12)5-13-9/h4-5,15H,6,12H2,1-3H3. The third-order valence-corrected chi connectivity index (χ3v) is 3.04. The highest BCUT2D eigenvalue weighted by atomic mass is 79.9. The number of likely N-dealkylation sites (N-methyl/N-ethyl adjacent to an activating group) is 1. The number of aliphatic hydroxyl groups excluding tert-OH is 1. The van der Waals surface area contributed by atoms with Gasteiger partial charge >= 0.3 is 0 Å². The van der Waals surface area contributed by atoms with E-state index in [4.69, 9.17) is 5.73 Å². The van der Waals surface area contributed by atoms with Crippen LogP contribution in [0.15, 0.2) is 16.7 Å². The fraction of sp³-hybridized carbons (Fsp3) is 0.500. The molecule has 5 heteroatoms. The quantitative estimate of drug-likeness (QED) is 0.879. The summed E-state index contributed by atoms with van der Waals surface area (Å²) in [6, 6.07) is 1.80. The van der Waals surface area contributed by atoms with E-state index in [1.54, 1.807) is 12.3 Å². The summed E-state index contributed by atoms with van der Waals surface area (Å²) in [5.74, 6) is 0.767. The lowest BCUT2D eigenvalue weighted by atomic mass is 10.1. The fourth-order valence-electron chi connectivity index (χ4n) is 1.09. The molecule has 0 aliphatic heterocycles. The van der Waals surface area contributed by atoms with Gasteiger partial charge in [0, 0.05) is 7.05 Å². The molecule has 0 radical (unpaired) electrons. The molecule has 0 aromatic carbocycles. The lowest BCUT2D eigenvalue weighted by molar-refractivity contribution is 0.215. The molecule has 0 saturated carbocycles. The van der Waals surface area contributed by atoms with Crippen molar-refractivity contribution in [3.05, 3.63) is 16.7 Å². The van der Waals surface area contributed by atoms with Crippen LogP contribution >= 0.6 is 15.9 Å². The Morgan fingerprint density at radius 2 is 2.20 bits per heavy atom. The van der Waals surface area contributed by atoms with Crippen LogP contribution in [0.5, 0.6) is 0 Å². The first kappa shape index (κ1) is 12.3. The molecule has 0 saturated heterocycles. The SMILES string of the molecule is CN(c1ncc(N)cc1Br)C(C)(C)CO. The number of nitrogens with two attached hydrogens (primary N) is 1. The van der Waals surface area contributed by atoms with Crippen LogP contribution in [0.25, 0.3) is 0 Å². The number of halogens is 1. The maximum absolute atomic E-state index is 9.26. The summed E-state index contributed by atoms with van der Waals surface area (Å²) in [5.41, 5.74) is 5.87. The Morgan fingerprint density at radius 3 is 2.67 bits per heavy atom. The van der Waals surface area contributed by atoms with Crippen molar-refractivity contribution >= 4 is 27.4 Å². The van der Waals surface area contributed by atoms with E-state index in [1.807, 2.05) is 25.8 Å². The van der Waals surface area contributed by atoms with Crippen molar-refractivity contribution in [2.45, 2.75) is 19.4 Å². The first-order valence-electron chi connectivity index (χ1n) is 4.64. The van der Waals surface area contributed by atoms with Gasteiger partial charge in [-0.1, -0.05) is 0 Å². The number of hydrogen-bond acceptors (Lipinski definition) is 4. The predicted molar refractivity (Wildman–Crippen MR) is 65.9 cm³/mol. The zero-order chi connectivity index (χ0) is 11.6. The minimum Gasteiger partial charge on any atom is -0.397 e. The molecule has 0 unspecified atom stereocenters. The topological polar surface area (TPSA) is 62.4 Å². The Balaban J connectivity index is 3.06. The molecule has 84 valence electrons. The fourth-order valence-corrected chi connectivity index (χ4v) is 1.72. The lowest BCUT2D eigenvalue weighted by Crippen LogP contribution is -2.45. The molecule has 0 bridgehead atoms. The van der Waals surface area contributed by atoms with Crippen LogP contribution in [0.1, 0.15) is 13.8 Å². The molecule has 3 N–H and O–H groups in total. The van der Waals surface area contributed by atoms with Crippen molar-refractivity contribution in [2.24, 2.45) is 0 Å². The van der Waals surface area contributed by atoms with Gasteiger partial charge in [0.25, 0.3) is 0 Å². The van der Waals surface area contributed by atoms with E-state index in [0.29, 0.717) is 5.69 Å². The molecule has 0 aliphatic carbocycles. The van der Waals surface area contributed by atoms with Crippen molar-refractivity contribution in [1.82, 2.24) is 4.98 Å². The second kappa shape index (κ2) is 4.37. The van der Waals surface area contributed by atoms with Gasteiger partial charge in [0.1, 0.15) is 5.82 Å². The van der Waals surface area contributed by atoms with Gasteiger partial charge in [-0.15, -0.1) is 0 Å². The molecule has 0 atom stereocenters. The minimum atomic E-state index is -0.356. The van der Waals surface area contributed by atoms with E-state index in [1.165, 1.54) is 0 Å². The van der Waals surface area contributed by atoms with Gasteiger partial charge in [0.05, 0.1) is 28.5 Å². The van der Waals surface area contributed by atoms with E-state index < -0.39 is 0 Å². The first-order chi connectivity index (χ1) is 6.88. The number of aliphatic hydroxyl groups is 1. The monoisotopic (exact) mass is 273 g/mol. The van der Waals surface area contributed by atoms with Crippen molar-refractivity contribution in [2.75, 3.05) is 24.3 Å². The Morgan fingerprint density at radius 1 is 1.60 bits per heavy atom. The Kier molecular flexibility index (Phi) is 3.57. The van der Waals surface area contributed by atoms with E-state index in [0.717, 1.165) is 10.3 Å². The number of rotatable bonds is 3. The van der Waals surface area contributed by atoms with Gasteiger partial charge < -0.3 is 15.7 Å². The average molecular weight is 274 g/mol. The zero-order valence-corrected chi connectivity index (χ0v) is 10.7. The summed E-state index contributed by atoms with van der Waals surface area (Å²) >= 11 is 3.40. The molecule has 4 nitrogen and oxygen atoms in total. The lowest BCUT2D eigenvalue weighted by Gasteiger charge is -2.35. The third kappa shape index (κ3) is 2.60. The van der Waals surface area contributed by atoms with E-state index >= 15 is 0 Å². The molecule has 1 aromatic heterocycles. The van der Waals surface area contributed by atoms with E-state index in [2.05, 4.69) is 20.9 Å². The number of nitrogens with zero attached hydrogens (tertiary/aromatic N) is 2. The molecule has 1 aromatic rings. The predicted octanol–water partition coefficient (Wildman–Crippen LogP) is 1.63. The van der Waals surface area contributed by atoms with Crippen LogP contribution in [0.3, 0.4) is 0 Å². The normalized spacial score (nSPS) is 11.5. The molecule has 0 spiro atoms. The molecule has 15 heavy (non-hydrogen) atoms. The van der Waals surface area contributed by atoms with Gasteiger partial charge in [-0.25, -0.2) is 4.98 Å². The van der Waals surface area contributed by atoms with Crippen LogP contribution in [0.2, 0.25) is 0 Å². The van der Waals surface area contributed by atoms with Gasteiger partial charge in [-0.05, 0) is 35.8 Å². The number of anilines is 2. The highest BCUT2D eigenvalue weighted by molar-refractivity contribution is 9.10. The summed E-state index contributed by atoms with van der Waals surface area (Å²) in [6.45, 7) is 3.94. The highest BCUT2D eigenvalue weighted by Gasteiger charge is 2.25. The number of hydrogen-bond donors (Lipinski definition) is 2. The molecule has 1 rings (SSSR count). The number of pyridine rings is 1. The van der Waals surface area contributed by atoms with Crippen molar-refractivity contribution in [1.29, 1.82) is 0 Å². The van der Waals surface area contributed by atoms with Gasteiger partial charge in [0.2, 0.25) is 0 Å². The zero-order valence-electron chi connectivity index (χ0n) is 9.16. The van der Waals surface area contributed by atoms with Gasteiger partial charge in [-0.3, -0.25) is 0 Å². The number of nitrogen functional groups attached to an aromatic ring is 1. The molecule has 0 amide bonds. The molecular formula is C10H16BrN3O. The summed E-state index contributed by atoms with van der Waals surface area (Å²) in [7, 11) is 1.89. The maximum atomic E-state index is 9.26. The third-order valence-electron chi connectivity index (χ3n) is 2.46. The Bertz CT molecular complexity index is 355. The van der Waals surface area contributed by atoms with Crippen molar-refractivity contribution < 1.29 is 5.11 Å². The summed E-state index contributed by atoms with van der Waals surface area (Å²) in [6.07, 6.45) is 1.60. The van der Waals surface area contributed by atoms with Crippen molar-refractivity contribution in [3.63, 3.8) is 0 Å². The average Bonchev–Trinajstić information content (AvgIpc) is 2.17. The maximum Gasteiger partial charge on any atom is 0.143 e. The van der Waals surface area contributed by atoms with E-state index in [-0.39, 0.29) is 12.1 Å². The number of aromatic nitrogens is 1.